The Morgan fingerprint density at radius 3 is 2.37 bits per heavy atom. The van der Waals surface area contributed by atoms with Gasteiger partial charge in [0.2, 0.25) is 0 Å². The number of carbonyl (C=O) groups excluding carboxylic acids is 2. The van der Waals surface area contributed by atoms with Crippen LogP contribution in [0.15, 0.2) is 7.57 Å². The molecule has 0 aromatic carbocycles. The first-order valence-corrected chi connectivity index (χ1v) is 8.00. The van der Waals surface area contributed by atoms with Crippen molar-refractivity contribution in [3.63, 3.8) is 0 Å². The van der Waals surface area contributed by atoms with Crippen molar-refractivity contribution in [3.05, 3.63) is 18.7 Å². The molecule has 1 aliphatic rings. The van der Waals surface area contributed by atoms with Crippen LogP contribution in [-0.4, -0.2) is 22.7 Å². The number of halogens is 6. The molecule has 0 saturated carbocycles. The van der Waals surface area contributed by atoms with Crippen molar-refractivity contribution in [1.29, 1.82) is 0 Å². The number of rotatable bonds is 1. The molecule has 0 fully saturated rings. The molecule has 19 heavy (non-hydrogen) atoms. The lowest BCUT2D eigenvalue weighted by Gasteiger charge is -2.17. The lowest BCUT2D eigenvalue weighted by Crippen LogP contribution is -2.41. The van der Waals surface area contributed by atoms with Crippen molar-refractivity contribution in [2.75, 3.05) is 0 Å². The molecule has 1 aromatic rings. The van der Waals surface area contributed by atoms with Crippen molar-refractivity contribution in [2.24, 2.45) is 0 Å². The Hall–Kier alpha value is 0.0700. The third-order valence-corrected chi connectivity index (χ3v) is 6.02. The summed E-state index contributed by atoms with van der Waals surface area (Å²) in [6, 6.07) is -1.05. The van der Waals surface area contributed by atoms with E-state index in [4.69, 9.17) is 0 Å². The SMILES string of the molecule is O=C1c2c(Br)sc(Br)c2[C@@H](NC(=O)C(F)(F)F)[C@H]1Br. The molecule has 1 amide bonds. The van der Waals surface area contributed by atoms with Crippen molar-refractivity contribution < 1.29 is 22.8 Å². The van der Waals surface area contributed by atoms with E-state index < -0.39 is 23.0 Å². The number of hydrogen-bond acceptors (Lipinski definition) is 3. The highest BCUT2D eigenvalue weighted by Gasteiger charge is 2.47. The summed E-state index contributed by atoms with van der Waals surface area (Å²) < 4.78 is 37.9. The summed E-state index contributed by atoms with van der Waals surface area (Å²) in [4.78, 5) is 22.0. The van der Waals surface area contributed by atoms with E-state index in [2.05, 4.69) is 47.8 Å². The monoisotopic (exact) mass is 483 g/mol. The van der Waals surface area contributed by atoms with Gasteiger partial charge in [0, 0.05) is 5.56 Å². The maximum Gasteiger partial charge on any atom is 0.471 e. The molecule has 0 saturated heterocycles. The van der Waals surface area contributed by atoms with Crippen LogP contribution in [0.2, 0.25) is 0 Å². The molecule has 104 valence electrons. The van der Waals surface area contributed by atoms with Gasteiger partial charge in [-0.1, -0.05) is 15.9 Å². The molecule has 0 radical (unpaired) electrons. The Balaban J connectivity index is 2.39. The Morgan fingerprint density at radius 1 is 1.26 bits per heavy atom. The number of ketones is 1. The van der Waals surface area contributed by atoms with Gasteiger partial charge in [0.15, 0.2) is 5.78 Å². The molecular weight excluding hydrogens is 483 g/mol. The zero-order chi connectivity index (χ0) is 14.5. The minimum absolute atomic E-state index is 0.297. The van der Waals surface area contributed by atoms with Crippen LogP contribution in [0.25, 0.3) is 0 Å². The van der Waals surface area contributed by atoms with Crippen LogP contribution in [0.1, 0.15) is 22.0 Å². The van der Waals surface area contributed by atoms with Gasteiger partial charge in [-0.2, -0.15) is 13.2 Å². The van der Waals surface area contributed by atoms with Crippen molar-refractivity contribution >= 4 is 70.8 Å². The van der Waals surface area contributed by atoms with E-state index in [1.54, 1.807) is 0 Å². The number of Topliss-reactive ketones (excluding diaryl/α,β-unsaturated/α-hetero) is 1. The minimum atomic E-state index is -4.99. The summed E-state index contributed by atoms with van der Waals surface area (Å²) in [6.45, 7) is 0. The Bertz CT molecular complexity index is 572. The van der Waals surface area contributed by atoms with Crippen LogP contribution in [0, 0.1) is 0 Å². The van der Waals surface area contributed by atoms with Crippen LogP contribution in [0.3, 0.4) is 0 Å². The molecule has 1 aromatic heterocycles. The van der Waals surface area contributed by atoms with E-state index in [9.17, 15) is 22.8 Å². The van der Waals surface area contributed by atoms with E-state index in [0.29, 0.717) is 18.7 Å². The second-order valence-electron chi connectivity index (χ2n) is 3.65. The van der Waals surface area contributed by atoms with Crippen molar-refractivity contribution in [1.82, 2.24) is 5.32 Å². The molecule has 0 bridgehead atoms. The van der Waals surface area contributed by atoms with Gasteiger partial charge < -0.3 is 5.32 Å². The Morgan fingerprint density at radius 2 is 1.84 bits per heavy atom. The van der Waals surface area contributed by atoms with Gasteiger partial charge in [0.05, 0.1) is 19.2 Å². The average Bonchev–Trinajstić information content (AvgIpc) is 2.69. The fraction of sp³-hybridized carbons (Fsp3) is 0.333. The van der Waals surface area contributed by atoms with E-state index in [0.717, 1.165) is 0 Å². The number of alkyl halides is 4. The predicted molar refractivity (Wildman–Crippen MR) is 73.7 cm³/mol. The van der Waals surface area contributed by atoms with E-state index in [-0.39, 0.29) is 5.78 Å². The fourth-order valence-electron chi connectivity index (χ4n) is 1.70. The second-order valence-corrected chi connectivity index (χ2v) is 8.30. The third kappa shape index (κ3) is 2.64. The largest absolute Gasteiger partial charge is 0.471 e. The van der Waals surface area contributed by atoms with Gasteiger partial charge in [-0.05, 0) is 31.9 Å². The first-order chi connectivity index (χ1) is 8.64. The van der Waals surface area contributed by atoms with E-state index in [1.807, 2.05) is 5.32 Å². The predicted octanol–water partition coefficient (Wildman–Crippen LogP) is 3.95. The molecule has 10 heteroatoms. The van der Waals surface area contributed by atoms with Gasteiger partial charge in [-0.25, -0.2) is 0 Å². The molecule has 1 N–H and O–H groups in total. The van der Waals surface area contributed by atoms with E-state index >= 15 is 0 Å². The summed E-state index contributed by atoms with van der Waals surface area (Å²) in [5, 5.41) is 1.83. The van der Waals surface area contributed by atoms with Gasteiger partial charge in [0.25, 0.3) is 0 Å². The number of nitrogens with one attached hydrogen (secondary N) is 1. The summed E-state index contributed by atoms with van der Waals surface area (Å²) >= 11 is 10.6. The van der Waals surface area contributed by atoms with Crippen LogP contribution in [0.5, 0.6) is 0 Å². The number of carbonyl (C=O) groups is 2. The zero-order valence-corrected chi connectivity index (χ0v) is 14.2. The maximum atomic E-state index is 12.3. The molecule has 0 unspecified atom stereocenters. The molecule has 2 atom stereocenters. The van der Waals surface area contributed by atoms with E-state index in [1.165, 1.54) is 11.3 Å². The highest BCUT2D eigenvalue weighted by molar-refractivity contribution is 9.12. The second kappa shape index (κ2) is 5.12. The molecule has 1 aliphatic carbocycles. The highest BCUT2D eigenvalue weighted by Crippen LogP contribution is 2.48. The maximum absolute atomic E-state index is 12.3. The quantitative estimate of drug-likeness (QED) is 0.612. The molecule has 3 nitrogen and oxygen atoms in total. The van der Waals surface area contributed by atoms with Crippen molar-refractivity contribution in [2.45, 2.75) is 17.0 Å². The first kappa shape index (κ1) is 15.5. The lowest BCUT2D eigenvalue weighted by molar-refractivity contribution is -0.174. The van der Waals surface area contributed by atoms with Crippen LogP contribution in [0.4, 0.5) is 13.2 Å². The Labute approximate surface area is 134 Å². The van der Waals surface area contributed by atoms with Gasteiger partial charge in [-0.15, -0.1) is 11.3 Å². The van der Waals surface area contributed by atoms with Crippen molar-refractivity contribution in [3.8, 4) is 0 Å². The summed E-state index contributed by atoms with van der Waals surface area (Å²) in [5.41, 5.74) is 0.660. The Kier molecular flexibility index (Phi) is 4.17. The number of thiophene rings is 1. The van der Waals surface area contributed by atoms with Gasteiger partial charge in [-0.3, -0.25) is 9.59 Å². The number of fused-ring (bicyclic) bond motifs is 1. The minimum Gasteiger partial charge on any atom is -0.340 e. The normalized spacial score (nSPS) is 22.5. The molecule has 1 heterocycles. The van der Waals surface area contributed by atoms with Gasteiger partial charge >= 0.3 is 12.1 Å². The van der Waals surface area contributed by atoms with Crippen LogP contribution < -0.4 is 5.32 Å². The average molecular weight is 486 g/mol. The molecular formula is C9H3Br3F3NO2S. The zero-order valence-electron chi connectivity index (χ0n) is 8.65. The first-order valence-electron chi connectivity index (χ1n) is 4.68. The summed E-state index contributed by atoms with van der Waals surface area (Å²) in [5.74, 6) is -2.44. The standard InChI is InChI=1S/C9H3Br3F3NO2S/c10-3-4(16-8(18)9(13,14)15)1-2(5(3)17)7(12)19-6(1)11/h3-4H,(H,16,18)/t3-,4-/m1/s1. The molecule has 0 aliphatic heterocycles. The highest BCUT2D eigenvalue weighted by atomic mass is 79.9. The van der Waals surface area contributed by atoms with Gasteiger partial charge in [0.1, 0.15) is 4.83 Å². The third-order valence-electron chi connectivity index (χ3n) is 2.50. The van der Waals surface area contributed by atoms with Crippen LogP contribution >= 0.6 is 59.1 Å². The molecule has 2 rings (SSSR count). The topological polar surface area (TPSA) is 46.2 Å². The summed E-state index contributed by atoms with van der Waals surface area (Å²) in [6.07, 6.45) is -4.99. The summed E-state index contributed by atoms with van der Waals surface area (Å²) in [7, 11) is 0. The lowest BCUT2D eigenvalue weighted by atomic mass is 10.2. The van der Waals surface area contributed by atoms with Crippen LogP contribution in [-0.2, 0) is 4.79 Å². The number of amides is 1. The molecule has 0 spiro atoms. The fourth-order valence-corrected chi connectivity index (χ4v) is 5.61. The smallest absolute Gasteiger partial charge is 0.340 e. The number of hydrogen-bond donors (Lipinski definition) is 1.